The highest BCUT2D eigenvalue weighted by molar-refractivity contribution is 5.87. The van der Waals surface area contributed by atoms with E-state index in [2.05, 4.69) is 10.3 Å². The van der Waals surface area contributed by atoms with Crippen LogP contribution in [0, 0.1) is 11.3 Å². The van der Waals surface area contributed by atoms with Crippen LogP contribution in [0.3, 0.4) is 0 Å². The zero-order valence-corrected chi connectivity index (χ0v) is 11.0. The van der Waals surface area contributed by atoms with Gasteiger partial charge in [0, 0.05) is 25.2 Å². The Morgan fingerprint density at radius 3 is 3.10 bits per heavy atom. The SMILES string of the molecule is N#Cc1cccnc1N1CCC(F)(C(=O)NC2CC2)C1. The van der Waals surface area contributed by atoms with Crippen LogP contribution >= 0.6 is 0 Å². The first-order chi connectivity index (χ1) is 9.62. The summed E-state index contributed by atoms with van der Waals surface area (Å²) in [6, 6.07) is 5.50. The zero-order chi connectivity index (χ0) is 14.2. The van der Waals surface area contributed by atoms with Gasteiger partial charge in [0.1, 0.15) is 11.9 Å². The number of hydrogen-bond acceptors (Lipinski definition) is 4. The van der Waals surface area contributed by atoms with Crippen molar-refractivity contribution in [2.45, 2.75) is 31.0 Å². The van der Waals surface area contributed by atoms with Crippen LogP contribution in [0.5, 0.6) is 0 Å². The summed E-state index contributed by atoms with van der Waals surface area (Å²) in [4.78, 5) is 17.8. The molecule has 2 aliphatic rings. The molecule has 1 atom stereocenters. The summed E-state index contributed by atoms with van der Waals surface area (Å²) in [5.74, 6) is -0.0781. The van der Waals surface area contributed by atoms with Crippen molar-refractivity contribution in [1.82, 2.24) is 10.3 Å². The molecule has 0 spiro atoms. The van der Waals surface area contributed by atoms with Crippen LogP contribution in [0.25, 0.3) is 0 Å². The van der Waals surface area contributed by atoms with Crippen molar-refractivity contribution in [3.8, 4) is 6.07 Å². The summed E-state index contributed by atoms with van der Waals surface area (Å²) >= 11 is 0. The van der Waals surface area contributed by atoms with Gasteiger partial charge in [-0.3, -0.25) is 4.79 Å². The summed E-state index contributed by atoms with van der Waals surface area (Å²) in [5, 5.41) is 11.8. The van der Waals surface area contributed by atoms with Crippen LogP contribution in [0.2, 0.25) is 0 Å². The van der Waals surface area contributed by atoms with Gasteiger partial charge in [-0.05, 0) is 25.0 Å². The number of nitrogens with one attached hydrogen (secondary N) is 1. The molecule has 1 N–H and O–H groups in total. The topological polar surface area (TPSA) is 69.0 Å². The Morgan fingerprint density at radius 2 is 2.40 bits per heavy atom. The molecule has 0 radical (unpaired) electrons. The molecule has 1 aliphatic carbocycles. The molecule has 6 heteroatoms. The predicted octanol–water partition coefficient (Wildman–Crippen LogP) is 1.15. The van der Waals surface area contributed by atoms with Crippen molar-refractivity contribution in [2.75, 3.05) is 18.0 Å². The van der Waals surface area contributed by atoms with Gasteiger partial charge in [-0.25, -0.2) is 9.37 Å². The Balaban J connectivity index is 1.75. The monoisotopic (exact) mass is 274 g/mol. The van der Waals surface area contributed by atoms with Crippen LogP contribution in [0.15, 0.2) is 18.3 Å². The number of halogens is 1. The lowest BCUT2D eigenvalue weighted by atomic mass is 10.0. The molecule has 1 aromatic heterocycles. The molecular weight excluding hydrogens is 259 g/mol. The van der Waals surface area contributed by atoms with Gasteiger partial charge in [-0.1, -0.05) is 0 Å². The maximum absolute atomic E-state index is 14.7. The Morgan fingerprint density at radius 1 is 1.60 bits per heavy atom. The van der Waals surface area contributed by atoms with Crippen LogP contribution in [-0.2, 0) is 4.79 Å². The molecule has 1 saturated heterocycles. The number of aromatic nitrogens is 1. The number of alkyl halides is 1. The van der Waals surface area contributed by atoms with Crippen molar-refractivity contribution in [1.29, 1.82) is 5.26 Å². The molecule has 0 bridgehead atoms. The molecule has 5 nitrogen and oxygen atoms in total. The van der Waals surface area contributed by atoms with Gasteiger partial charge in [-0.2, -0.15) is 5.26 Å². The van der Waals surface area contributed by atoms with E-state index < -0.39 is 11.6 Å². The first-order valence-corrected chi connectivity index (χ1v) is 6.72. The van der Waals surface area contributed by atoms with Gasteiger partial charge >= 0.3 is 0 Å². The fourth-order valence-electron chi connectivity index (χ4n) is 2.42. The molecule has 0 aromatic carbocycles. The Hall–Kier alpha value is -2.16. The van der Waals surface area contributed by atoms with Crippen LogP contribution in [0.1, 0.15) is 24.8 Å². The fourth-order valence-corrected chi connectivity index (χ4v) is 2.42. The number of carbonyl (C=O) groups excluding carboxylic acids is 1. The average molecular weight is 274 g/mol. The smallest absolute Gasteiger partial charge is 0.259 e. The van der Waals surface area contributed by atoms with Gasteiger partial charge in [-0.15, -0.1) is 0 Å². The van der Waals surface area contributed by atoms with Crippen molar-refractivity contribution >= 4 is 11.7 Å². The van der Waals surface area contributed by atoms with Crippen molar-refractivity contribution in [3.05, 3.63) is 23.9 Å². The molecule has 1 saturated carbocycles. The van der Waals surface area contributed by atoms with Crippen molar-refractivity contribution in [3.63, 3.8) is 0 Å². The summed E-state index contributed by atoms with van der Waals surface area (Å²) in [5.41, 5.74) is -1.48. The number of rotatable bonds is 3. The van der Waals surface area contributed by atoms with E-state index >= 15 is 0 Å². The molecule has 1 amide bonds. The molecule has 3 rings (SSSR count). The van der Waals surface area contributed by atoms with Crippen molar-refractivity contribution in [2.24, 2.45) is 0 Å². The predicted molar refractivity (Wildman–Crippen MR) is 70.8 cm³/mol. The highest BCUT2D eigenvalue weighted by atomic mass is 19.1. The third kappa shape index (κ3) is 2.31. The fraction of sp³-hybridized carbons (Fsp3) is 0.500. The molecule has 104 valence electrons. The van der Waals surface area contributed by atoms with Gasteiger partial charge in [0.2, 0.25) is 5.67 Å². The first kappa shape index (κ1) is 12.9. The first-order valence-electron chi connectivity index (χ1n) is 6.72. The van der Waals surface area contributed by atoms with Crippen LogP contribution in [-0.4, -0.2) is 35.7 Å². The lowest BCUT2D eigenvalue weighted by Crippen LogP contribution is -2.46. The summed E-state index contributed by atoms with van der Waals surface area (Å²) in [7, 11) is 0. The van der Waals surface area contributed by atoms with E-state index in [9.17, 15) is 9.18 Å². The second-order valence-electron chi connectivity index (χ2n) is 5.37. The lowest BCUT2D eigenvalue weighted by molar-refractivity contribution is -0.131. The molecule has 1 unspecified atom stereocenters. The largest absolute Gasteiger partial charge is 0.352 e. The molecular formula is C14H15FN4O. The number of nitrogens with zero attached hydrogens (tertiary/aromatic N) is 3. The summed E-state index contributed by atoms with van der Waals surface area (Å²) in [6.07, 6.45) is 3.57. The van der Waals surface area contributed by atoms with Crippen LogP contribution < -0.4 is 10.2 Å². The minimum Gasteiger partial charge on any atom is -0.352 e. The lowest BCUT2D eigenvalue weighted by Gasteiger charge is -2.21. The Bertz CT molecular complexity index is 581. The minimum absolute atomic E-state index is 0.0444. The van der Waals surface area contributed by atoms with Crippen molar-refractivity contribution < 1.29 is 9.18 Å². The van der Waals surface area contributed by atoms with Gasteiger partial charge < -0.3 is 10.2 Å². The molecule has 1 aliphatic heterocycles. The highest BCUT2D eigenvalue weighted by Crippen LogP contribution is 2.31. The maximum atomic E-state index is 14.7. The Kier molecular flexibility index (Phi) is 3.05. The number of nitriles is 1. The third-order valence-electron chi connectivity index (χ3n) is 3.75. The number of amides is 1. The minimum atomic E-state index is -1.88. The summed E-state index contributed by atoms with van der Waals surface area (Å²) in [6.45, 7) is 0.345. The number of carbonyl (C=O) groups is 1. The highest BCUT2D eigenvalue weighted by Gasteiger charge is 2.47. The molecule has 2 heterocycles. The zero-order valence-electron chi connectivity index (χ0n) is 11.0. The molecule has 20 heavy (non-hydrogen) atoms. The van der Waals surface area contributed by atoms with E-state index in [1.54, 1.807) is 23.2 Å². The van der Waals surface area contributed by atoms with Gasteiger partial charge in [0.15, 0.2) is 0 Å². The standard InChI is InChI=1S/C14H15FN4O/c15-14(13(20)18-11-3-4-11)5-7-19(9-14)12-10(8-16)2-1-6-17-12/h1-2,6,11H,3-5,7,9H2,(H,18,20). The number of pyridine rings is 1. The second kappa shape index (κ2) is 4.75. The summed E-state index contributed by atoms with van der Waals surface area (Å²) < 4.78 is 14.7. The van der Waals surface area contributed by atoms with E-state index in [1.165, 1.54) is 0 Å². The number of hydrogen-bond donors (Lipinski definition) is 1. The number of anilines is 1. The van der Waals surface area contributed by atoms with Crippen LogP contribution in [0.4, 0.5) is 10.2 Å². The van der Waals surface area contributed by atoms with Gasteiger partial charge in [0.25, 0.3) is 5.91 Å². The molecule has 2 fully saturated rings. The van der Waals surface area contributed by atoms with Gasteiger partial charge in [0.05, 0.1) is 12.1 Å². The van der Waals surface area contributed by atoms with E-state index in [0.29, 0.717) is 17.9 Å². The van der Waals surface area contributed by atoms with E-state index in [1.807, 2.05) is 6.07 Å². The van der Waals surface area contributed by atoms with E-state index in [4.69, 9.17) is 5.26 Å². The molecule has 1 aromatic rings. The average Bonchev–Trinajstić information content (AvgIpc) is 3.18. The third-order valence-corrected chi connectivity index (χ3v) is 3.75. The quantitative estimate of drug-likeness (QED) is 0.897. The Labute approximate surface area is 116 Å². The normalized spacial score (nSPS) is 25.3. The maximum Gasteiger partial charge on any atom is 0.259 e. The second-order valence-corrected chi connectivity index (χ2v) is 5.37. The van der Waals surface area contributed by atoms with E-state index in [0.717, 1.165) is 12.8 Å². The van der Waals surface area contributed by atoms with E-state index in [-0.39, 0.29) is 19.0 Å².